The fraction of sp³-hybridized carbons (Fsp3) is 0.500. The van der Waals surface area contributed by atoms with Crippen LogP contribution in [0.4, 0.5) is 0 Å². The first-order valence-electron chi connectivity index (χ1n) is 5.24. The molecule has 2 heteroatoms. The van der Waals surface area contributed by atoms with Gasteiger partial charge in [-0.25, -0.2) is 0 Å². The van der Waals surface area contributed by atoms with E-state index < -0.39 is 0 Å². The van der Waals surface area contributed by atoms with Crippen LogP contribution in [-0.4, -0.2) is 13.2 Å². The Balaban J connectivity index is 2.40. The standard InChI is InChI=1S/C12H17NO/c1-9-4-5-12-11(7-9)10(8-13)3-2-6-14-12/h4-5,7,10H,2-3,6,8,13H2,1H3. The molecule has 0 spiro atoms. The molecular formula is C12H17NO. The van der Waals surface area contributed by atoms with Crippen molar-refractivity contribution in [2.75, 3.05) is 13.2 Å². The maximum Gasteiger partial charge on any atom is 0.122 e. The van der Waals surface area contributed by atoms with E-state index in [4.69, 9.17) is 10.5 Å². The van der Waals surface area contributed by atoms with Crippen LogP contribution >= 0.6 is 0 Å². The summed E-state index contributed by atoms with van der Waals surface area (Å²) in [6.07, 6.45) is 2.25. The van der Waals surface area contributed by atoms with Crippen molar-refractivity contribution in [2.24, 2.45) is 5.73 Å². The second kappa shape index (κ2) is 4.01. The Kier molecular flexibility index (Phi) is 2.73. The van der Waals surface area contributed by atoms with Gasteiger partial charge in [0.25, 0.3) is 0 Å². The molecule has 0 aromatic heterocycles. The van der Waals surface area contributed by atoms with Crippen molar-refractivity contribution in [2.45, 2.75) is 25.7 Å². The maximum atomic E-state index is 5.78. The Morgan fingerprint density at radius 3 is 3.14 bits per heavy atom. The molecule has 0 bridgehead atoms. The molecule has 0 saturated carbocycles. The summed E-state index contributed by atoms with van der Waals surface area (Å²) in [5.74, 6) is 1.51. The van der Waals surface area contributed by atoms with Crippen LogP contribution in [-0.2, 0) is 0 Å². The van der Waals surface area contributed by atoms with Crippen molar-refractivity contribution in [1.82, 2.24) is 0 Å². The van der Waals surface area contributed by atoms with Crippen LogP contribution in [0.2, 0.25) is 0 Å². The van der Waals surface area contributed by atoms with Gasteiger partial charge in [0.15, 0.2) is 0 Å². The van der Waals surface area contributed by atoms with Crippen LogP contribution < -0.4 is 10.5 Å². The molecule has 1 aliphatic heterocycles. The van der Waals surface area contributed by atoms with Gasteiger partial charge in [0.05, 0.1) is 6.61 Å². The van der Waals surface area contributed by atoms with Crippen LogP contribution in [0.5, 0.6) is 5.75 Å². The Hall–Kier alpha value is -1.02. The van der Waals surface area contributed by atoms with E-state index in [1.807, 2.05) is 0 Å². The number of rotatable bonds is 1. The van der Waals surface area contributed by atoms with Crippen LogP contribution in [0.15, 0.2) is 18.2 Å². The van der Waals surface area contributed by atoms with Gasteiger partial charge in [-0.15, -0.1) is 0 Å². The average Bonchev–Trinajstić information content (AvgIpc) is 2.39. The molecule has 76 valence electrons. The Labute approximate surface area is 85.1 Å². The van der Waals surface area contributed by atoms with Gasteiger partial charge in [0.2, 0.25) is 0 Å². The topological polar surface area (TPSA) is 35.2 Å². The Bertz CT molecular complexity index is 322. The fourth-order valence-electron chi connectivity index (χ4n) is 2.03. The lowest BCUT2D eigenvalue weighted by atomic mass is 9.93. The minimum Gasteiger partial charge on any atom is -0.493 e. The monoisotopic (exact) mass is 191 g/mol. The molecule has 0 saturated heterocycles. The van der Waals surface area contributed by atoms with Crippen LogP contribution in [0.1, 0.15) is 29.9 Å². The minimum atomic E-state index is 0.479. The van der Waals surface area contributed by atoms with E-state index in [0.29, 0.717) is 5.92 Å². The number of hydrogen-bond donors (Lipinski definition) is 1. The van der Waals surface area contributed by atoms with Gasteiger partial charge in [-0.1, -0.05) is 17.7 Å². The predicted octanol–water partition coefficient (Wildman–Crippen LogP) is 2.21. The van der Waals surface area contributed by atoms with Gasteiger partial charge in [-0.2, -0.15) is 0 Å². The van der Waals surface area contributed by atoms with E-state index in [-0.39, 0.29) is 0 Å². The molecule has 2 nitrogen and oxygen atoms in total. The smallest absolute Gasteiger partial charge is 0.122 e. The number of fused-ring (bicyclic) bond motifs is 1. The molecule has 1 unspecified atom stereocenters. The number of ether oxygens (including phenoxy) is 1. The van der Waals surface area contributed by atoms with E-state index in [9.17, 15) is 0 Å². The first-order chi connectivity index (χ1) is 6.81. The molecule has 1 atom stereocenters. The second-order valence-corrected chi connectivity index (χ2v) is 3.96. The van der Waals surface area contributed by atoms with Gasteiger partial charge in [-0.05, 0) is 43.9 Å². The maximum absolute atomic E-state index is 5.78. The Morgan fingerprint density at radius 1 is 1.50 bits per heavy atom. The highest BCUT2D eigenvalue weighted by atomic mass is 16.5. The summed E-state index contributed by atoms with van der Waals surface area (Å²) in [5, 5.41) is 0. The highest BCUT2D eigenvalue weighted by molar-refractivity contribution is 5.40. The van der Waals surface area contributed by atoms with Crippen LogP contribution in [0.25, 0.3) is 0 Å². The number of aryl methyl sites for hydroxylation is 1. The number of benzene rings is 1. The highest BCUT2D eigenvalue weighted by Gasteiger charge is 2.18. The summed E-state index contributed by atoms with van der Waals surface area (Å²) in [4.78, 5) is 0. The van der Waals surface area contributed by atoms with Gasteiger partial charge < -0.3 is 10.5 Å². The van der Waals surface area contributed by atoms with Crippen molar-refractivity contribution in [3.8, 4) is 5.75 Å². The highest BCUT2D eigenvalue weighted by Crippen LogP contribution is 2.32. The SMILES string of the molecule is Cc1ccc2c(c1)C(CN)CCCO2. The lowest BCUT2D eigenvalue weighted by Gasteiger charge is -2.14. The molecule has 2 rings (SSSR count). The van der Waals surface area contributed by atoms with Crippen molar-refractivity contribution in [1.29, 1.82) is 0 Å². The lowest BCUT2D eigenvalue weighted by molar-refractivity contribution is 0.316. The molecule has 1 aliphatic rings. The largest absolute Gasteiger partial charge is 0.493 e. The molecule has 1 heterocycles. The summed E-state index contributed by atoms with van der Waals surface area (Å²) >= 11 is 0. The third-order valence-electron chi connectivity index (χ3n) is 2.84. The third kappa shape index (κ3) is 1.75. The third-order valence-corrected chi connectivity index (χ3v) is 2.84. The molecule has 0 fully saturated rings. The zero-order chi connectivity index (χ0) is 9.97. The van der Waals surface area contributed by atoms with Crippen LogP contribution in [0, 0.1) is 6.92 Å². The van der Waals surface area contributed by atoms with E-state index in [2.05, 4.69) is 25.1 Å². The molecule has 2 N–H and O–H groups in total. The summed E-state index contributed by atoms with van der Waals surface area (Å²) in [6, 6.07) is 6.37. The molecule has 1 aromatic rings. The quantitative estimate of drug-likeness (QED) is 0.738. The first-order valence-corrected chi connectivity index (χ1v) is 5.24. The van der Waals surface area contributed by atoms with Crippen molar-refractivity contribution in [3.05, 3.63) is 29.3 Å². The van der Waals surface area contributed by atoms with Gasteiger partial charge in [0, 0.05) is 0 Å². The van der Waals surface area contributed by atoms with Gasteiger partial charge in [-0.3, -0.25) is 0 Å². The minimum absolute atomic E-state index is 0.479. The second-order valence-electron chi connectivity index (χ2n) is 3.96. The zero-order valence-electron chi connectivity index (χ0n) is 8.62. The molecular weight excluding hydrogens is 174 g/mol. The zero-order valence-corrected chi connectivity index (χ0v) is 8.62. The number of hydrogen-bond acceptors (Lipinski definition) is 2. The van der Waals surface area contributed by atoms with Gasteiger partial charge in [0.1, 0.15) is 5.75 Å². The summed E-state index contributed by atoms with van der Waals surface area (Å²) in [7, 11) is 0. The summed E-state index contributed by atoms with van der Waals surface area (Å²) < 4.78 is 5.68. The fourth-order valence-corrected chi connectivity index (χ4v) is 2.03. The lowest BCUT2D eigenvalue weighted by Crippen LogP contribution is -2.11. The Morgan fingerprint density at radius 2 is 2.36 bits per heavy atom. The van der Waals surface area contributed by atoms with E-state index in [1.54, 1.807) is 0 Å². The van der Waals surface area contributed by atoms with Crippen LogP contribution in [0.3, 0.4) is 0 Å². The molecule has 14 heavy (non-hydrogen) atoms. The molecule has 0 aliphatic carbocycles. The number of nitrogens with two attached hydrogens (primary N) is 1. The van der Waals surface area contributed by atoms with Crippen molar-refractivity contribution < 1.29 is 4.74 Å². The van der Waals surface area contributed by atoms with E-state index in [0.717, 1.165) is 31.7 Å². The van der Waals surface area contributed by atoms with E-state index in [1.165, 1.54) is 11.1 Å². The van der Waals surface area contributed by atoms with E-state index >= 15 is 0 Å². The summed E-state index contributed by atoms with van der Waals surface area (Å²) in [6.45, 7) is 3.66. The normalized spacial score (nSPS) is 20.9. The molecule has 0 amide bonds. The average molecular weight is 191 g/mol. The van der Waals surface area contributed by atoms with Crippen molar-refractivity contribution in [3.63, 3.8) is 0 Å². The van der Waals surface area contributed by atoms with Gasteiger partial charge >= 0.3 is 0 Å². The van der Waals surface area contributed by atoms with Crippen molar-refractivity contribution >= 4 is 0 Å². The predicted molar refractivity (Wildman–Crippen MR) is 57.7 cm³/mol. The summed E-state index contributed by atoms with van der Waals surface area (Å²) in [5.41, 5.74) is 8.36. The molecule has 0 radical (unpaired) electrons. The molecule has 1 aromatic carbocycles. The first kappa shape index (κ1) is 9.53.